The highest BCUT2D eigenvalue weighted by Gasteiger charge is 2.35. The number of hydrogen-bond acceptors (Lipinski definition) is 2. The summed E-state index contributed by atoms with van der Waals surface area (Å²) in [6, 6.07) is 7.44. The molecule has 1 aliphatic carbocycles. The zero-order valence-electron chi connectivity index (χ0n) is 11.4. The number of nitriles is 1. The van der Waals surface area contributed by atoms with E-state index in [-0.39, 0.29) is 5.60 Å². The number of ether oxygens (including phenoxy) is 1. The predicted octanol–water partition coefficient (Wildman–Crippen LogP) is 5.09. The third-order valence-electron chi connectivity index (χ3n) is 3.90. The number of benzene rings is 1. The molecular formula is C16H20ClNO. The quantitative estimate of drug-likeness (QED) is 0.751. The molecule has 0 heterocycles. The average molecular weight is 278 g/mol. The van der Waals surface area contributed by atoms with Gasteiger partial charge in [-0.15, -0.1) is 0 Å². The van der Waals surface area contributed by atoms with Gasteiger partial charge >= 0.3 is 0 Å². The first-order valence-electron chi connectivity index (χ1n) is 7.08. The van der Waals surface area contributed by atoms with E-state index in [9.17, 15) is 0 Å². The average Bonchev–Trinajstić information content (AvgIpc) is 2.86. The summed E-state index contributed by atoms with van der Waals surface area (Å²) in [6.07, 6.45) is 8.25. The highest BCUT2D eigenvalue weighted by molar-refractivity contribution is 6.31. The maximum absolute atomic E-state index is 8.89. The second-order valence-electron chi connectivity index (χ2n) is 5.35. The molecule has 0 aliphatic heterocycles. The Morgan fingerprint density at radius 2 is 2.11 bits per heavy atom. The Kier molecular flexibility index (Phi) is 4.71. The summed E-state index contributed by atoms with van der Waals surface area (Å²) in [4.78, 5) is 0. The monoisotopic (exact) mass is 277 g/mol. The van der Waals surface area contributed by atoms with Crippen LogP contribution in [0.1, 0.15) is 57.4 Å². The summed E-state index contributed by atoms with van der Waals surface area (Å²) in [6.45, 7) is 2.21. The minimum Gasteiger partial charge on any atom is -0.487 e. The number of rotatable bonds is 5. The van der Waals surface area contributed by atoms with Crippen LogP contribution in [0.3, 0.4) is 0 Å². The molecule has 0 N–H and O–H groups in total. The van der Waals surface area contributed by atoms with Crippen LogP contribution >= 0.6 is 11.6 Å². The van der Waals surface area contributed by atoms with Crippen LogP contribution in [0.4, 0.5) is 0 Å². The van der Waals surface area contributed by atoms with Gasteiger partial charge in [-0.05, 0) is 50.7 Å². The van der Waals surface area contributed by atoms with Crippen LogP contribution in [0.15, 0.2) is 18.2 Å². The van der Waals surface area contributed by atoms with Crippen molar-refractivity contribution in [2.75, 3.05) is 0 Å². The van der Waals surface area contributed by atoms with Crippen molar-refractivity contribution < 1.29 is 4.74 Å². The molecule has 1 aromatic carbocycles. The van der Waals surface area contributed by atoms with Crippen molar-refractivity contribution in [2.24, 2.45) is 0 Å². The van der Waals surface area contributed by atoms with E-state index in [1.807, 2.05) is 6.07 Å². The normalized spacial score (nSPS) is 17.1. The van der Waals surface area contributed by atoms with Gasteiger partial charge in [0.1, 0.15) is 17.4 Å². The third-order valence-corrected chi connectivity index (χ3v) is 4.21. The van der Waals surface area contributed by atoms with E-state index < -0.39 is 0 Å². The van der Waals surface area contributed by atoms with Crippen molar-refractivity contribution in [3.63, 3.8) is 0 Å². The fourth-order valence-electron chi connectivity index (χ4n) is 2.82. The molecule has 2 rings (SSSR count). The lowest BCUT2D eigenvalue weighted by atomic mass is 9.94. The Labute approximate surface area is 120 Å². The Hall–Kier alpha value is -1.20. The van der Waals surface area contributed by atoms with Crippen LogP contribution < -0.4 is 4.74 Å². The van der Waals surface area contributed by atoms with Crippen LogP contribution in [0.25, 0.3) is 0 Å². The lowest BCUT2D eigenvalue weighted by Crippen LogP contribution is -2.32. The number of halogens is 1. The maximum atomic E-state index is 8.89. The fourth-order valence-corrected chi connectivity index (χ4v) is 3.03. The molecule has 1 aliphatic rings. The van der Waals surface area contributed by atoms with Crippen LogP contribution in [-0.2, 0) is 0 Å². The van der Waals surface area contributed by atoms with E-state index >= 15 is 0 Å². The number of nitrogens with zero attached hydrogens (tertiary/aromatic N) is 1. The minimum absolute atomic E-state index is 0.00645. The zero-order chi connectivity index (χ0) is 13.7. The Bertz CT molecular complexity index is 472. The first-order chi connectivity index (χ1) is 9.19. The molecule has 0 spiro atoms. The summed E-state index contributed by atoms with van der Waals surface area (Å²) >= 11 is 6.06. The topological polar surface area (TPSA) is 33.0 Å². The van der Waals surface area contributed by atoms with E-state index in [1.165, 1.54) is 25.7 Å². The molecule has 0 amide bonds. The molecule has 0 atom stereocenters. The lowest BCUT2D eigenvalue weighted by Gasteiger charge is -2.30. The highest BCUT2D eigenvalue weighted by atomic mass is 35.5. The van der Waals surface area contributed by atoms with Gasteiger partial charge in [-0.2, -0.15) is 5.26 Å². The molecule has 0 bridgehead atoms. The van der Waals surface area contributed by atoms with Crippen LogP contribution in [0.5, 0.6) is 5.75 Å². The molecule has 1 aromatic rings. The zero-order valence-corrected chi connectivity index (χ0v) is 12.2. The summed E-state index contributed by atoms with van der Waals surface area (Å²) in [5.74, 6) is 0.794. The SMILES string of the molecule is CCCCC1(Oc2ccc(C#N)c(Cl)c2)CCCC1. The van der Waals surface area contributed by atoms with Crippen molar-refractivity contribution in [2.45, 2.75) is 57.5 Å². The van der Waals surface area contributed by atoms with Crippen LogP contribution in [0, 0.1) is 11.3 Å². The van der Waals surface area contributed by atoms with Gasteiger partial charge in [0.2, 0.25) is 0 Å². The van der Waals surface area contributed by atoms with Gasteiger partial charge in [-0.1, -0.05) is 24.9 Å². The van der Waals surface area contributed by atoms with E-state index in [4.69, 9.17) is 21.6 Å². The lowest BCUT2D eigenvalue weighted by molar-refractivity contribution is 0.0643. The van der Waals surface area contributed by atoms with Gasteiger partial charge in [0.15, 0.2) is 0 Å². The molecule has 0 saturated heterocycles. The molecule has 0 unspecified atom stereocenters. The Morgan fingerprint density at radius 3 is 2.68 bits per heavy atom. The van der Waals surface area contributed by atoms with Gasteiger partial charge < -0.3 is 4.74 Å². The highest BCUT2D eigenvalue weighted by Crippen LogP contribution is 2.39. The van der Waals surface area contributed by atoms with Crippen molar-refractivity contribution in [3.05, 3.63) is 28.8 Å². The maximum Gasteiger partial charge on any atom is 0.121 e. The molecular weight excluding hydrogens is 258 g/mol. The molecule has 1 saturated carbocycles. The van der Waals surface area contributed by atoms with Crippen LogP contribution in [-0.4, -0.2) is 5.60 Å². The summed E-state index contributed by atoms with van der Waals surface area (Å²) < 4.78 is 6.25. The van der Waals surface area contributed by atoms with Crippen molar-refractivity contribution >= 4 is 11.6 Å². The van der Waals surface area contributed by atoms with Gasteiger partial charge in [-0.25, -0.2) is 0 Å². The van der Waals surface area contributed by atoms with E-state index in [1.54, 1.807) is 12.1 Å². The second-order valence-corrected chi connectivity index (χ2v) is 5.76. The van der Waals surface area contributed by atoms with Gasteiger partial charge in [0, 0.05) is 6.07 Å². The van der Waals surface area contributed by atoms with Gasteiger partial charge in [0.25, 0.3) is 0 Å². The van der Waals surface area contributed by atoms with Gasteiger partial charge in [-0.3, -0.25) is 0 Å². The van der Waals surface area contributed by atoms with Gasteiger partial charge in [0.05, 0.1) is 10.6 Å². The van der Waals surface area contributed by atoms with E-state index in [0.29, 0.717) is 10.6 Å². The first-order valence-corrected chi connectivity index (χ1v) is 7.45. The first kappa shape index (κ1) is 14.2. The predicted molar refractivity (Wildman–Crippen MR) is 77.5 cm³/mol. The summed E-state index contributed by atoms with van der Waals surface area (Å²) in [5.41, 5.74) is 0.496. The number of hydrogen-bond donors (Lipinski definition) is 0. The largest absolute Gasteiger partial charge is 0.487 e. The van der Waals surface area contributed by atoms with E-state index in [0.717, 1.165) is 25.0 Å². The molecule has 1 fully saturated rings. The third kappa shape index (κ3) is 3.42. The van der Waals surface area contributed by atoms with Crippen molar-refractivity contribution in [1.82, 2.24) is 0 Å². The molecule has 0 aromatic heterocycles. The van der Waals surface area contributed by atoms with Crippen molar-refractivity contribution in [1.29, 1.82) is 5.26 Å². The van der Waals surface area contributed by atoms with E-state index in [2.05, 4.69) is 13.0 Å². The smallest absolute Gasteiger partial charge is 0.121 e. The Morgan fingerprint density at radius 1 is 1.37 bits per heavy atom. The molecule has 19 heavy (non-hydrogen) atoms. The second kappa shape index (κ2) is 6.30. The minimum atomic E-state index is -0.00645. The molecule has 102 valence electrons. The van der Waals surface area contributed by atoms with Crippen LogP contribution in [0.2, 0.25) is 5.02 Å². The molecule has 0 radical (unpaired) electrons. The van der Waals surface area contributed by atoms with Crippen molar-refractivity contribution in [3.8, 4) is 11.8 Å². The standard InChI is InChI=1S/C16H20ClNO/c1-2-3-8-16(9-4-5-10-16)19-14-7-6-13(12-18)15(17)11-14/h6-7,11H,2-5,8-10H2,1H3. The summed E-state index contributed by atoms with van der Waals surface area (Å²) in [7, 11) is 0. The Balaban J connectivity index is 2.13. The summed E-state index contributed by atoms with van der Waals surface area (Å²) in [5, 5.41) is 9.36. The fraction of sp³-hybridized carbons (Fsp3) is 0.562. The molecule has 3 heteroatoms. The number of unbranched alkanes of at least 4 members (excludes halogenated alkanes) is 1. The molecule has 2 nitrogen and oxygen atoms in total.